The minimum absolute atomic E-state index is 0.0493. The molecule has 16 heavy (non-hydrogen) atoms. The van der Waals surface area contributed by atoms with Gasteiger partial charge < -0.3 is 10.4 Å². The maximum atomic E-state index is 12.0. The molecule has 4 nitrogen and oxygen atoms in total. The van der Waals surface area contributed by atoms with Crippen LogP contribution in [-0.2, 0) is 9.59 Å². The number of carboxylic acids is 1. The highest BCUT2D eigenvalue weighted by Crippen LogP contribution is 2.48. The summed E-state index contributed by atoms with van der Waals surface area (Å²) in [5.74, 6) is -1.51. The molecule has 4 heteroatoms. The van der Waals surface area contributed by atoms with Crippen molar-refractivity contribution in [3.8, 4) is 0 Å². The van der Waals surface area contributed by atoms with E-state index in [9.17, 15) is 14.7 Å². The third-order valence-electron chi connectivity index (χ3n) is 3.97. The van der Waals surface area contributed by atoms with Crippen LogP contribution in [0.2, 0.25) is 0 Å². The number of nitrogens with one attached hydrogen (secondary N) is 1. The average Bonchev–Trinajstić information content (AvgIpc) is 2.81. The monoisotopic (exact) mass is 221 g/mol. The fraction of sp³-hybridized carbons (Fsp3) is 0.667. The number of amides is 1. The summed E-state index contributed by atoms with van der Waals surface area (Å²) in [5.41, 5.74) is 0. The Morgan fingerprint density at radius 3 is 2.31 bits per heavy atom. The van der Waals surface area contributed by atoms with Crippen LogP contribution in [0, 0.1) is 23.7 Å². The van der Waals surface area contributed by atoms with Crippen LogP contribution < -0.4 is 5.32 Å². The van der Waals surface area contributed by atoms with Gasteiger partial charge in [0, 0.05) is 6.04 Å². The highest BCUT2D eigenvalue weighted by Gasteiger charge is 2.52. The van der Waals surface area contributed by atoms with Crippen molar-refractivity contribution < 1.29 is 14.7 Å². The first-order valence-corrected chi connectivity index (χ1v) is 5.88. The normalized spacial score (nSPS) is 40.0. The van der Waals surface area contributed by atoms with Crippen molar-refractivity contribution in [1.29, 1.82) is 0 Å². The summed E-state index contributed by atoms with van der Waals surface area (Å²) in [7, 11) is 0. The maximum absolute atomic E-state index is 12.0. The summed E-state index contributed by atoms with van der Waals surface area (Å²) in [5, 5.41) is 12.1. The van der Waals surface area contributed by atoms with Crippen LogP contribution in [-0.4, -0.2) is 23.0 Å². The fourth-order valence-electron chi connectivity index (χ4n) is 3.04. The third-order valence-corrected chi connectivity index (χ3v) is 3.97. The quantitative estimate of drug-likeness (QED) is 0.692. The Labute approximate surface area is 93.7 Å². The van der Waals surface area contributed by atoms with E-state index < -0.39 is 11.9 Å². The smallest absolute Gasteiger partial charge is 0.307 e. The largest absolute Gasteiger partial charge is 0.481 e. The van der Waals surface area contributed by atoms with E-state index >= 15 is 0 Å². The highest BCUT2D eigenvalue weighted by atomic mass is 16.4. The predicted octanol–water partition coefficient (Wildman–Crippen LogP) is 0.788. The second-order valence-electron chi connectivity index (χ2n) is 5.12. The van der Waals surface area contributed by atoms with Crippen LogP contribution in [0.4, 0.5) is 0 Å². The van der Waals surface area contributed by atoms with Crippen LogP contribution in [0.1, 0.15) is 19.3 Å². The molecule has 2 saturated carbocycles. The van der Waals surface area contributed by atoms with Gasteiger partial charge in [0.05, 0.1) is 11.8 Å². The van der Waals surface area contributed by atoms with E-state index in [0.29, 0.717) is 6.04 Å². The topological polar surface area (TPSA) is 66.4 Å². The molecule has 0 radical (unpaired) electrons. The van der Waals surface area contributed by atoms with Gasteiger partial charge in [0.25, 0.3) is 0 Å². The maximum Gasteiger partial charge on any atom is 0.307 e. The number of fused-ring (bicyclic) bond motifs is 2. The lowest BCUT2D eigenvalue weighted by molar-refractivity contribution is -0.147. The summed E-state index contributed by atoms with van der Waals surface area (Å²) in [4.78, 5) is 23.2. The van der Waals surface area contributed by atoms with Gasteiger partial charge in [0.1, 0.15) is 0 Å². The van der Waals surface area contributed by atoms with Crippen LogP contribution in [0.3, 0.4) is 0 Å². The zero-order valence-electron chi connectivity index (χ0n) is 8.93. The van der Waals surface area contributed by atoms with Gasteiger partial charge in [-0.25, -0.2) is 0 Å². The Balaban J connectivity index is 1.78. The van der Waals surface area contributed by atoms with Gasteiger partial charge in [-0.1, -0.05) is 12.2 Å². The van der Waals surface area contributed by atoms with Gasteiger partial charge >= 0.3 is 5.97 Å². The lowest BCUT2D eigenvalue weighted by Gasteiger charge is -2.23. The molecule has 0 unspecified atom stereocenters. The van der Waals surface area contributed by atoms with Crippen molar-refractivity contribution in [2.24, 2.45) is 23.7 Å². The van der Waals surface area contributed by atoms with Gasteiger partial charge in [-0.3, -0.25) is 9.59 Å². The molecule has 3 aliphatic carbocycles. The fourth-order valence-corrected chi connectivity index (χ4v) is 3.04. The van der Waals surface area contributed by atoms with E-state index in [2.05, 4.69) is 5.32 Å². The summed E-state index contributed by atoms with van der Waals surface area (Å²) in [6.45, 7) is 0. The van der Waals surface area contributed by atoms with Crippen LogP contribution in [0.15, 0.2) is 12.2 Å². The molecule has 4 atom stereocenters. The zero-order chi connectivity index (χ0) is 11.3. The van der Waals surface area contributed by atoms with E-state index in [0.717, 1.165) is 19.3 Å². The van der Waals surface area contributed by atoms with Crippen molar-refractivity contribution in [2.75, 3.05) is 0 Å². The second kappa shape index (κ2) is 3.34. The number of carbonyl (C=O) groups excluding carboxylic acids is 1. The summed E-state index contributed by atoms with van der Waals surface area (Å²) in [6.07, 6.45) is 6.89. The molecule has 1 amide bonds. The molecular weight excluding hydrogens is 206 g/mol. The molecule has 3 rings (SSSR count). The number of aliphatic carboxylic acids is 1. The van der Waals surface area contributed by atoms with Crippen molar-refractivity contribution >= 4 is 11.9 Å². The van der Waals surface area contributed by atoms with Crippen molar-refractivity contribution in [3.63, 3.8) is 0 Å². The van der Waals surface area contributed by atoms with Crippen molar-refractivity contribution in [3.05, 3.63) is 12.2 Å². The first-order valence-electron chi connectivity index (χ1n) is 5.88. The minimum Gasteiger partial charge on any atom is -0.481 e. The Bertz CT molecular complexity index is 372. The second-order valence-corrected chi connectivity index (χ2v) is 5.12. The molecule has 2 N–H and O–H groups in total. The molecule has 0 aromatic heterocycles. The number of carbonyl (C=O) groups is 2. The minimum atomic E-state index is -0.826. The molecule has 0 aromatic rings. The molecule has 0 saturated heterocycles. The number of rotatable bonds is 3. The molecule has 0 aliphatic heterocycles. The summed E-state index contributed by atoms with van der Waals surface area (Å²) < 4.78 is 0. The first-order chi connectivity index (χ1) is 7.66. The Kier molecular flexibility index (Phi) is 2.06. The van der Waals surface area contributed by atoms with Gasteiger partial charge in [0.2, 0.25) is 5.91 Å². The van der Waals surface area contributed by atoms with Gasteiger partial charge in [-0.15, -0.1) is 0 Å². The van der Waals surface area contributed by atoms with Gasteiger partial charge in [-0.2, -0.15) is 0 Å². The molecule has 0 aromatic carbocycles. The van der Waals surface area contributed by atoms with E-state index in [1.165, 1.54) is 0 Å². The average molecular weight is 221 g/mol. The number of allylic oxidation sites excluding steroid dienone is 2. The third kappa shape index (κ3) is 1.44. The Morgan fingerprint density at radius 2 is 1.75 bits per heavy atom. The van der Waals surface area contributed by atoms with Gasteiger partial charge in [0.15, 0.2) is 0 Å². The molecule has 0 heterocycles. The lowest BCUT2D eigenvalue weighted by Crippen LogP contribution is -2.40. The molecule has 86 valence electrons. The van der Waals surface area contributed by atoms with Crippen LogP contribution in [0.25, 0.3) is 0 Å². The highest BCUT2D eigenvalue weighted by molar-refractivity contribution is 5.87. The molecule has 3 aliphatic rings. The van der Waals surface area contributed by atoms with E-state index in [4.69, 9.17) is 0 Å². The Morgan fingerprint density at radius 1 is 1.12 bits per heavy atom. The zero-order valence-corrected chi connectivity index (χ0v) is 8.93. The number of carboxylic acid groups (broad SMARTS) is 1. The van der Waals surface area contributed by atoms with Crippen molar-refractivity contribution in [1.82, 2.24) is 5.32 Å². The number of hydrogen-bond acceptors (Lipinski definition) is 2. The van der Waals surface area contributed by atoms with E-state index in [1.54, 1.807) is 0 Å². The molecule has 0 spiro atoms. The Hall–Kier alpha value is -1.32. The molecule has 2 fully saturated rings. The van der Waals surface area contributed by atoms with E-state index in [1.807, 2.05) is 12.2 Å². The van der Waals surface area contributed by atoms with Crippen molar-refractivity contribution in [2.45, 2.75) is 25.3 Å². The summed E-state index contributed by atoms with van der Waals surface area (Å²) in [6, 6.07) is 0.310. The summed E-state index contributed by atoms with van der Waals surface area (Å²) >= 11 is 0. The SMILES string of the molecule is O=C(O)[C@@H]1[C@H](C(=O)NC2CC2)[C@@H]2C=C[C@H]1C2. The first kappa shape index (κ1) is 9.87. The standard InChI is InChI=1S/C12H15NO3/c14-11(13-8-3-4-8)9-6-1-2-7(5-6)10(9)12(15)16/h1-2,6-10H,3-5H2,(H,13,14)(H,15,16)/t6-,7+,9-,10+/m1/s1. The lowest BCUT2D eigenvalue weighted by atomic mass is 9.82. The molecular formula is C12H15NO3. The van der Waals surface area contributed by atoms with Crippen LogP contribution >= 0.6 is 0 Å². The predicted molar refractivity (Wildman–Crippen MR) is 56.5 cm³/mol. The van der Waals surface area contributed by atoms with Crippen LogP contribution in [0.5, 0.6) is 0 Å². The number of hydrogen-bond donors (Lipinski definition) is 2. The molecule has 2 bridgehead atoms. The van der Waals surface area contributed by atoms with E-state index in [-0.39, 0.29) is 23.7 Å². The van der Waals surface area contributed by atoms with Gasteiger partial charge in [-0.05, 0) is 31.1 Å².